The van der Waals surface area contributed by atoms with E-state index in [-0.39, 0.29) is 0 Å². The summed E-state index contributed by atoms with van der Waals surface area (Å²) < 4.78 is 0. The smallest absolute Gasteiger partial charge is 0.162 e. The molecule has 6 heteroatoms. The molecule has 0 spiro atoms. The summed E-state index contributed by atoms with van der Waals surface area (Å²) in [5, 5.41) is 12.0. The van der Waals surface area contributed by atoms with E-state index >= 15 is 0 Å². The Labute approximate surface area is 216 Å². The van der Waals surface area contributed by atoms with Gasteiger partial charge in [0.25, 0.3) is 0 Å². The predicted molar refractivity (Wildman–Crippen MR) is 152 cm³/mol. The number of benzene rings is 6. The van der Waals surface area contributed by atoms with Crippen LogP contribution in [0.15, 0.2) is 110 Å². The molecule has 0 atom stereocenters. The van der Waals surface area contributed by atoms with Crippen molar-refractivity contribution in [3.63, 3.8) is 0 Å². The average Bonchev–Trinajstić information content (AvgIpc) is 3.01. The number of aromatic nitrogens is 6. The first-order valence-corrected chi connectivity index (χ1v) is 12.3. The van der Waals surface area contributed by atoms with Gasteiger partial charge in [0.1, 0.15) is 25.3 Å². The zero-order valence-corrected chi connectivity index (χ0v) is 20.1. The fourth-order valence-electron chi connectivity index (χ4n) is 5.73. The molecule has 0 saturated carbocycles. The average molecular weight is 487 g/mol. The van der Waals surface area contributed by atoms with Crippen LogP contribution in [0.1, 0.15) is 0 Å². The predicted octanol–water partition coefficient (Wildman–Crippen LogP) is 7.16. The van der Waals surface area contributed by atoms with Crippen LogP contribution in [-0.2, 0) is 0 Å². The Morgan fingerprint density at radius 2 is 0.711 bits per heavy atom. The van der Waals surface area contributed by atoms with Gasteiger partial charge >= 0.3 is 0 Å². The minimum atomic E-state index is 0.658. The first-order valence-electron chi connectivity index (χ1n) is 12.3. The maximum Gasteiger partial charge on any atom is 0.162 e. The quantitative estimate of drug-likeness (QED) is 0.241. The maximum absolute atomic E-state index is 4.41. The van der Waals surface area contributed by atoms with Crippen LogP contribution in [-0.4, -0.2) is 29.9 Å². The molecule has 0 radical (unpaired) electrons. The van der Waals surface area contributed by atoms with Crippen molar-refractivity contribution in [1.82, 2.24) is 29.9 Å². The number of fused-ring (bicyclic) bond motifs is 11. The Hall–Kier alpha value is -5.36. The number of hydrogen-bond donors (Lipinski definition) is 0. The van der Waals surface area contributed by atoms with Crippen LogP contribution in [0.25, 0.3) is 76.6 Å². The molecule has 176 valence electrons. The van der Waals surface area contributed by atoms with Crippen LogP contribution >= 0.6 is 0 Å². The summed E-state index contributed by atoms with van der Waals surface area (Å²) in [6, 6.07) is 30.3. The zero-order valence-electron chi connectivity index (χ0n) is 20.1. The van der Waals surface area contributed by atoms with Crippen molar-refractivity contribution in [2.24, 2.45) is 0 Å². The Morgan fingerprint density at radius 1 is 0.342 bits per heavy atom. The lowest BCUT2D eigenvalue weighted by Crippen LogP contribution is -1.92. The summed E-state index contributed by atoms with van der Waals surface area (Å²) >= 11 is 0. The molecule has 2 heterocycles. The molecule has 0 saturated heterocycles. The van der Waals surface area contributed by atoms with E-state index in [1.807, 2.05) is 0 Å². The number of nitrogens with zero attached hydrogens (tertiary/aromatic N) is 6. The van der Waals surface area contributed by atoms with Gasteiger partial charge in [-0.05, 0) is 66.0 Å². The second kappa shape index (κ2) is 8.08. The van der Waals surface area contributed by atoms with Crippen molar-refractivity contribution in [2.45, 2.75) is 0 Å². The van der Waals surface area contributed by atoms with E-state index in [0.717, 1.165) is 11.1 Å². The molecule has 0 aliphatic carbocycles. The fraction of sp³-hybridized carbons (Fsp3) is 0. The van der Waals surface area contributed by atoms with E-state index in [9.17, 15) is 0 Å². The van der Waals surface area contributed by atoms with E-state index in [1.54, 1.807) is 0 Å². The van der Waals surface area contributed by atoms with Crippen LogP contribution in [0.4, 0.5) is 0 Å². The molecule has 0 bridgehead atoms. The zero-order chi connectivity index (χ0) is 25.1. The summed E-state index contributed by atoms with van der Waals surface area (Å²) in [6.07, 6.45) is 6.15. The monoisotopic (exact) mass is 486 g/mol. The second-order valence-electron chi connectivity index (χ2n) is 9.29. The van der Waals surface area contributed by atoms with Crippen molar-refractivity contribution < 1.29 is 0 Å². The summed E-state index contributed by atoms with van der Waals surface area (Å²) in [6.45, 7) is 0. The lowest BCUT2D eigenvalue weighted by molar-refractivity contribution is 1.06. The van der Waals surface area contributed by atoms with Gasteiger partial charge in [0, 0.05) is 11.1 Å². The highest BCUT2D eigenvalue weighted by atomic mass is 15.0. The molecule has 0 N–H and O–H groups in total. The summed E-state index contributed by atoms with van der Waals surface area (Å²) in [5.41, 5.74) is 1.92. The van der Waals surface area contributed by atoms with E-state index in [4.69, 9.17) is 0 Å². The lowest BCUT2D eigenvalue weighted by atomic mass is 9.86. The van der Waals surface area contributed by atoms with Gasteiger partial charge in [0.2, 0.25) is 0 Å². The maximum atomic E-state index is 4.41. The van der Waals surface area contributed by atoms with Crippen molar-refractivity contribution in [2.75, 3.05) is 0 Å². The summed E-state index contributed by atoms with van der Waals surface area (Å²) in [5.74, 6) is 1.32. The van der Waals surface area contributed by atoms with Gasteiger partial charge in [-0.25, -0.2) is 29.9 Å². The molecular formula is C32H18N6. The van der Waals surface area contributed by atoms with Crippen LogP contribution in [0.2, 0.25) is 0 Å². The topological polar surface area (TPSA) is 77.3 Å². The van der Waals surface area contributed by atoms with E-state index in [2.05, 4.69) is 115 Å². The molecular weight excluding hydrogens is 468 g/mol. The molecule has 8 aromatic rings. The Bertz CT molecular complexity index is 2020. The van der Waals surface area contributed by atoms with Crippen molar-refractivity contribution in [1.29, 1.82) is 0 Å². The molecule has 0 fully saturated rings. The third kappa shape index (κ3) is 3.01. The van der Waals surface area contributed by atoms with Crippen LogP contribution in [0, 0.1) is 0 Å². The summed E-state index contributed by atoms with van der Waals surface area (Å²) in [4.78, 5) is 25.6. The Kier molecular flexibility index (Phi) is 4.42. The minimum Gasteiger partial charge on any atom is -0.225 e. The lowest BCUT2D eigenvalue weighted by Gasteiger charge is -2.17. The van der Waals surface area contributed by atoms with Gasteiger partial charge in [0.05, 0.1) is 0 Å². The molecule has 6 aromatic carbocycles. The molecule has 8 rings (SSSR count). The fourth-order valence-corrected chi connectivity index (χ4v) is 5.73. The second-order valence-corrected chi connectivity index (χ2v) is 9.29. The van der Waals surface area contributed by atoms with Crippen molar-refractivity contribution in [3.05, 3.63) is 110 Å². The third-order valence-corrected chi connectivity index (χ3v) is 7.30. The largest absolute Gasteiger partial charge is 0.225 e. The minimum absolute atomic E-state index is 0.658. The first-order chi connectivity index (χ1) is 18.9. The van der Waals surface area contributed by atoms with Crippen LogP contribution in [0.5, 0.6) is 0 Å². The van der Waals surface area contributed by atoms with Gasteiger partial charge in [-0.1, -0.05) is 72.8 Å². The molecule has 0 unspecified atom stereocenters. The van der Waals surface area contributed by atoms with Crippen LogP contribution in [0.3, 0.4) is 0 Å². The highest BCUT2D eigenvalue weighted by Gasteiger charge is 2.17. The standard InChI is InChI=1S/C32H18N6/c1-3-7-25-21(5-1)23-11-9-19(31-35-15-33-16-36-31)13-27(23)30-26-8-4-2-6-22(26)24-12-10-20(14-28(24)29(25)30)32-37-17-34-18-38-32/h1-18H. The first kappa shape index (κ1) is 20.8. The van der Waals surface area contributed by atoms with E-state index < -0.39 is 0 Å². The summed E-state index contributed by atoms with van der Waals surface area (Å²) in [7, 11) is 0. The number of rotatable bonds is 2. The van der Waals surface area contributed by atoms with Gasteiger partial charge in [-0.3, -0.25) is 0 Å². The van der Waals surface area contributed by atoms with E-state index in [1.165, 1.54) is 79.2 Å². The van der Waals surface area contributed by atoms with Gasteiger partial charge in [0.15, 0.2) is 11.6 Å². The van der Waals surface area contributed by atoms with Crippen molar-refractivity contribution >= 4 is 53.9 Å². The highest BCUT2D eigenvalue weighted by molar-refractivity contribution is 6.39. The van der Waals surface area contributed by atoms with Crippen molar-refractivity contribution in [3.8, 4) is 22.8 Å². The molecule has 0 amide bonds. The SMILES string of the molecule is c1ccc2c(c1)c1ccc(-c3ncncn3)cc1c1c3ccccc3c3ccc(-c4ncncn4)cc3c21. The molecule has 0 aliphatic rings. The normalized spacial score (nSPS) is 11.7. The molecule has 6 nitrogen and oxygen atoms in total. The highest BCUT2D eigenvalue weighted by Crippen LogP contribution is 2.45. The molecule has 38 heavy (non-hydrogen) atoms. The van der Waals surface area contributed by atoms with Crippen LogP contribution < -0.4 is 0 Å². The van der Waals surface area contributed by atoms with Gasteiger partial charge in [-0.2, -0.15) is 0 Å². The molecule has 0 aliphatic heterocycles. The Balaban J connectivity index is 1.63. The third-order valence-electron chi connectivity index (χ3n) is 7.30. The Morgan fingerprint density at radius 3 is 1.13 bits per heavy atom. The van der Waals surface area contributed by atoms with Gasteiger partial charge in [-0.15, -0.1) is 0 Å². The van der Waals surface area contributed by atoms with Gasteiger partial charge < -0.3 is 0 Å². The molecule has 2 aromatic heterocycles. The van der Waals surface area contributed by atoms with E-state index in [0.29, 0.717) is 11.6 Å². The number of hydrogen-bond acceptors (Lipinski definition) is 6.